The molecular formula is C17H24F2N4O3S. The zero-order chi connectivity index (χ0) is 19.6. The molecule has 10 heteroatoms. The third-order valence-electron chi connectivity index (χ3n) is 4.86. The minimum atomic E-state index is -3.32. The van der Waals surface area contributed by atoms with Crippen molar-refractivity contribution >= 4 is 21.7 Å². The van der Waals surface area contributed by atoms with Gasteiger partial charge in [-0.1, -0.05) is 0 Å². The van der Waals surface area contributed by atoms with Crippen molar-refractivity contribution in [3.05, 3.63) is 29.8 Å². The van der Waals surface area contributed by atoms with Gasteiger partial charge in [0.05, 0.1) is 11.9 Å². The maximum atomic E-state index is 13.9. The number of nitrogens with one attached hydrogen (secondary N) is 2. The number of carbonyl (C=O) groups is 1. The quantitative estimate of drug-likeness (QED) is 0.795. The van der Waals surface area contributed by atoms with Crippen LogP contribution in [0.5, 0.6) is 0 Å². The van der Waals surface area contributed by atoms with Gasteiger partial charge in [-0.2, -0.15) is 0 Å². The molecule has 2 atom stereocenters. The van der Waals surface area contributed by atoms with Gasteiger partial charge in [0.1, 0.15) is 11.6 Å². The Morgan fingerprint density at radius 1 is 1.15 bits per heavy atom. The molecule has 2 aliphatic rings. The number of benzene rings is 1. The van der Waals surface area contributed by atoms with E-state index in [-0.39, 0.29) is 18.1 Å². The highest BCUT2D eigenvalue weighted by Crippen LogP contribution is 2.24. The van der Waals surface area contributed by atoms with Crippen molar-refractivity contribution in [1.82, 2.24) is 14.9 Å². The maximum Gasteiger partial charge on any atom is 0.317 e. The second-order valence-electron chi connectivity index (χ2n) is 7.15. The normalized spacial score (nSPS) is 23.5. The van der Waals surface area contributed by atoms with Gasteiger partial charge < -0.3 is 15.1 Å². The zero-order valence-corrected chi connectivity index (χ0v) is 15.9. The van der Waals surface area contributed by atoms with Gasteiger partial charge in [0.25, 0.3) is 0 Å². The number of rotatable bonds is 4. The number of anilines is 1. The average molecular weight is 402 g/mol. The van der Waals surface area contributed by atoms with E-state index >= 15 is 0 Å². The molecule has 0 radical (unpaired) electrons. The van der Waals surface area contributed by atoms with Gasteiger partial charge in [-0.15, -0.1) is 0 Å². The molecule has 0 bridgehead atoms. The summed E-state index contributed by atoms with van der Waals surface area (Å²) in [5.74, 6) is -1.24. The number of amides is 2. The highest BCUT2D eigenvalue weighted by Gasteiger charge is 2.30. The van der Waals surface area contributed by atoms with Crippen LogP contribution in [-0.2, 0) is 10.0 Å². The molecule has 0 aliphatic carbocycles. The topological polar surface area (TPSA) is 81.8 Å². The Morgan fingerprint density at radius 2 is 1.93 bits per heavy atom. The molecule has 150 valence electrons. The summed E-state index contributed by atoms with van der Waals surface area (Å²) >= 11 is 0. The predicted octanol–water partition coefficient (Wildman–Crippen LogP) is 1.27. The first-order valence-corrected chi connectivity index (χ1v) is 10.8. The van der Waals surface area contributed by atoms with Crippen LogP contribution in [0.1, 0.15) is 19.3 Å². The molecule has 2 saturated heterocycles. The summed E-state index contributed by atoms with van der Waals surface area (Å²) in [5, 5.41) is 2.93. The molecule has 7 nitrogen and oxygen atoms in total. The standard InChI is InChI=1S/C17H24F2N4O3S/c1-27(25,26)21-14-3-2-7-23(11-14)17(24)20-13-6-8-22(10-13)16-5-4-12(18)9-15(16)19/h4-5,9,13-14,21H,2-3,6-8,10-11H2,1H3,(H,20,24). The minimum absolute atomic E-state index is 0.148. The molecule has 2 unspecified atom stereocenters. The van der Waals surface area contributed by atoms with E-state index in [0.29, 0.717) is 44.7 Å². The maximum absolute atomic E-state index is 13.9. The van der Waals surface area contributed by atoms with Crippen molar-refractivity contribution in [1.29, 1.82) is 0 Å². The highest BCUT2D eigenvalue weighted by molar-refractivity contribution is 7.88. The Morgan fingerprint density at radius 3 is 2.63 bits per heavy atom. The first kappa shape index (κ1) is 19.8. The molecule has 0 saturated carbocycles. The summed E-state index contributed by atoms with van der Waals surface area (Å²) in [5.41, 5.74) is 0.323. The lowest BCUT2D eigenvalue weighted by Gasteiger charge is -2.33. The zero-order valence-electron chi connectivity index (χ0n) is 15.1. The van der Waals surface area contributed by atoms with E-state index in [9.17, 15) is 22.0 Å². The summed E-state index contributed by atoms with van der Waals surface area (Å²) in [6.07, 6.45) is 3.17. The average Bonchev–Trinajstić information content (AvgIpc) is 3.01. The monoisotopic (exact) mass is 402 g/mol. The van der Waals surface area contributed by atoms with E-state index in [1.807, 2.05) is 0 Å². The molecule has 27 heavy (non-hydrogen) atoms. The molecule has 3 rings (SSSR count). The lowest BCUT2D eigenvalue weighted by Crippen LogP contribution is -2.53. The van der Waals surface area contributed by atoms with Crippen LogP contribution < -0.4 is 14.9 Å². The molecule has 2 fully saturated rings. The van der Waals surface area contributed by atoms with Crippen molar-refractivity contribution in [2.24, 2.45) is 0 Å². The first-order valence-electron chi connectivity index (χ1n) is 8.94. The summed E-state index contributed by atoms with van der Waals surface area (Å²) in [4.78, 5) is 15.9. The van der Waals surface area contributed by atoms with Crippen molar-refractivity contribution in [3.63, 3.8) is 0 Å². The molecule has 2 heterocycles. The number of piperidine rings is 1. The first-order chi connectivity index (χ1) is 12.7. The molecule has 2 N–H and O–H groups in total. The van der Waals surface area contributed by atoms with E-state index in [2.05, 4.69) is 10.0 Å². The van der Waals surface area contributed by atoms with Crippen molar-refractivity contribution in [3.8, 4) is 0 Å². The summed E-state index contributed by atoms with van der Waals surface area (Å²) in [6, 6.07) is 2.79. The van der Waals surface area contributed by atoms with Crippen LogP contribution in [-0.4, -0.2) is 63.9 Å². The van der Waals surface area contributed by atoms with Crippen molar-refractivity contribution in [2.75, 3.05) is 37.3 Å². The molecular weight excluding hydrogens is 378 g/mol. The molecule has 2 amide bonds. The van der Waals surface area contributed by atoms with E-state index in [1.54, 1.807) is 9.80 Å². The van der Waals surface area contributed by atoms with Crippen LogP contribution in [0.4, 0.5) is 19.3 Å². The van der Waals surface area contributed by atoms with Gasteiger partial charge in [0, 0.05) is 44.3 Å². The van der Waals surface area contributed by atoms with Gasteiger partial charge in [-0.05, 0) is 31.4 Å². The summed E-state index contributed by atoms with van der Waals surface area (Å²) in [6.45, 7) is 1.89. The second-order valence-corrected chi connectivity index (χ2v) is 8.93. The number of urea groups is 1. The van der Waals surface area contributed by atoms with Crippen LogP contribution in [0.25, 0.3) is 0 Å². The Balaban J connectivity index is 1.54. The minimum Gasteiger partial charge on any atom is -0.367 e. The predicted molar refractivity (Wildman–Crippen MR) is 98.1 cm³/mol. The van der Waals surface area contributed by atoms with E-state index in [0.717, 1.165) is 18.7 Å². The Kier molecular flexibility index (Phi) is 5.85. The van der Waals surface area contributed by atoms with Crippen LogP contribution in [0.15, 0.2) is 18.2 Å². The number of hydrogen-bond donors (Lipinski definition) is 2. The molecule has 1 aromatic rings. The van der Waals surface area contributed by atoms with Crippen LogP contribution >= 0.6 is 0 Å². The van der Waals surface area contributed by atoms with Crippen molar-refractivity contribution in [2.45, 2.75) is 31.3 Å². The molecule has 2 aliphatic heterocycles. The smallest absolute Gasteiger partial charge is 0.317 e. The Hall–Kier alpha value is -1.94. The number of likely N-dealkylation sites (tertiary alicyclic amines) is 1. The number of sulfonamides is 1. The van der Waals surface area contributed by atoms with E-state index in [1.165, 1.54) is 12.1 Å². The number of nitrogens with zero attached hydrogens (tertiary/aromatic N) is 2. The number of halogens is 2. The fourth-order valence-electron chi connectivity index (χ4n) is 3.66. The molecule has 0 spiro atoms. The lowest BCUT2D eigenvalue weighted by atomic mass is 10.1. The van der Waals surface area contributed by atoms with Crippen LogP contribution in [0.2, 0.25) is 0 Å². The van der Waals surface area contributed by atoms with E-state index < -0.39 is 21.7 Å². The molecule has 0 aromatic heterocycles. The largest absolute Gasteiger partial charge is 0.367 e. The third-order valence-corrected chi connectivity index (χ3v) is 5.62. The van der Waals surface area contributed by atoms with Gasteiger partial charge in [0.2, 0.25) is 10.0 Å². The summed E-state index contributed by atoms with van der Waals surface area (Å²) in [7, 11) is -3.32. The Bertz CT molecular complexity index is 805. The van der Waals surface area contributed by atoms with Crippen molar-refractivity contribution < 1.29 is 22.0 Å². The number of hydrogen-bond acceptors (Lipinski definition) is 4. The fourth-order valence-corrected chi connectivity index (χ4v) is 4.46. The van der Waals surface area contributed by atoms with Crippen LogP contribution in [0, 0.1) is 11.6 Å². The fraction of sp³-hybridized carbons (Fsp3) is 0.588. The Labute approximate surface area is 157 Å². The molecule has 1 aromatic carbocycles. The van der Waals surface area contributed by atoms with Gasteiger partial charge >= 0.3 is 6.03 Å². The van der Waals surface area contributed by atoms with Crippen LogP contribution in [0.3, 0.4) is 0 Å². The second kappa shape index (κ2) is 7.97. The van der Waals surface area contributed by atoms with E-state index in [4.69, 9.17) is 0 Å². The summed E-state index contributed by atoms with van der Waals surface area (Å²) < 4.78 is 52.3. The van der Waals surface area contributed by atoms with Gasteiger partial charge in [-0.3, -0.25) is 0 Å². The lowest BCUT2D eigenvalue weighted by molar-refractivity contribution is 0.174. The number of carbonyl (C=O) groups excluding carboxylic acids is 1. The SMILES string of the molecule is CS(=O)(=O)NC1CCCN(C(=O)NC2CCN(c3ccc(F)cc3F)C2)C1. The highest BCUT2D eigenvalue weighted by atomic mass is 32.2. The van der Waals surface area contributed by atoms with Gasteiger partial charge in [0.15, 0.2) is 0 Å². The third kappa shape index (κ3) is 5.29. The van der Waals surface area contributed by atoms with Gasteiger partial charge in [-0.25, -0.2) is 26.7 Å².